The van der Waals surface area contributed by atoms with Crippen molar-refractivity contribution >= 4 is 5.97 Å². The number of carboxylic acids is 1. The summed E-state index contributed by atoms with van der Waals surface area (Å²) in [6.45, 7) is 1.17. The molecule has 1 aliphatic carbocycles. The van der Waals surface area contributed by atoms with Crippen molar-refractivity contribution in [1.29, 1.82) is 0 Å². The van der Waals surface area contributed by atoms with Crippen LogP contribution >= 0.6 is 0 Å². The summed E-state index contributed by atoms with van der Waals surface area (Å²) in [7, 11) is 0. The van der Waals surface area contributed by atoms with Crippen LogP contribution in [-0.2, 0) is 22.5 Å². The van der Waals surface area contributed by atoms with Crippen LogP contribution in [-0.4, -0.2) is 44.0 Å². The molecule has 1 aliphatic heterocycles. The number of aliphatic carboxylic acids is 1. The molecule has 3 rings (SSSR count). The van der Waals surface area contributed by atoms with Gasteiger partial charge in [-0.25, -0.2) is 4.68 Å². The number of hydrogen-bond acceptors (Lipinski definition) is 5. The second-order valence-electron chi connectivity index (χ2n) is 5.18. The van der Waals surface area contributed by atoms with E-state index in [1.807, 2.05) is 0 Å². The molecule has 1 aromatic heterocycles. The number of rotatable bonds is 5. The van der Waals surface area contributed by atoms with Crippen molar-refractivity contribution in [3.05, 3.63) is 5.82 Å². The van der Waals surface area contributed by atoms with Gasteiger partial charge in [0.1, 0.15) is 0 Å². The summed E-state index contributed by atoms with van der Waals surface area (Å²) >= 11 is 0. The lowest BCUT2D eigenvalue weighted by molar-refractivity contribution is -0.144. The van der Waals surface area contributed by atoms with Crippen LogP contribution in [0.4, 0.5) is 0 Å². The van der Waals surface area contributed by atoms with Gasteiger partial charge in [-0.05, 0) is 36.1 Å². The molecule has 1 unspecified atom stereocenters. The SMILES string of the molecule is O=C(O)C1(Cn2nnnc2CC2CCCO2)CC1. The molecule has 0 bridgehead atoms. The van der Waals surface area contributed by atoms with Gasteiger partial charge in [-0.3, -0.25) is 4.79 Å². The molecule has 1 atom stereocenters. The maximum atomic E-state index is 11.2. The Morgan fingerprint density at radius 2 is 2.39 bits per heavy atom. The van der Waals surface area contributed by atoms with Gasteiger partial charge in [0.15, 0.2) is 5.82 Å². The first-order valence-corrected chi connectivity index (χ1v) is 6.30. The van der Waals surface area contributed by atoms with Crippen molar-refractivity contribution in [2.45, 2.75) is 44.8 Å². The Morgan fingerprint density at radius 1 is 1.56 bits per heavy atom. The summed E-state index contributed by atoms with van der Waals surface area (Å²) in [5.41, 5.74) is -0.638. The quantitative estimate of drug-likeness (QED) is 0.808. The summed E-state index contributed by atoms with van der Waals surface area (Å²) < 4.78 is 7.18. The first-order valence-electron chi connectivity index (χ1n) is 6.30. The minimum Gasteiger partial charge on any atom is -0.481 e. The largest absolute Gasteiger partial charge is 0.481 e. The number of nitrogens with zero attached hydrogens (tertiary/aromatic N) is 4. The molecule has 1 saturated carbocycles. The van der Waals surface area contributed by atoms with Crippen molar-refractivity contribution in [3.8, 4) is 0 Å². The van der Waals surface area contributed by atoms with E-state index >= 15 is 0 Å². The fraction of sp³-hybridized carbons (Fsp3) is 0.818. The molecule has 1 N–H and O–H groups in total. The topological polar surface area (TPSA) is 90.1 Å². The van der Waals surface area contributed by atoms with Gasteiger partial charge < -0.3 is 9.84 Å². The van der Waals surface area contributed by atoms with Crippen LogP contribution in [0.5, 0.6) is 0 Å². The lowest BCUT2D eigenvalue weighted by Crippen LogP contribution is -2.24. The van der Waals surface area contributed by atoms with Gasteiger partial charge in [0.2, 0.25) is 0 Å². The number of ether oxygens (including phenoxy) is 1. The number of carbonyl (C=O) groups is 1. The highest BCUT2D eigenvalue weighted by molar-refractivity contribution is 5.77. The van der Waals surface area contributed by atoms with Crippen molar-refractivity contribution < 1.29 is 14.6 Å². The molecule has 98 valence electrons. The molecule has 0 aromatic carbocycles. The van der Waals surface area contributed by atoms with Gasteiger partial charge in [-0.15, -0.1) is 5.10 Å². The van der Waals surface area contributed by atoms with Crippen LogP contribution in [0, 0.1) is 5.41 Å². The standard InChI is InChI=1S/C11H16N4O3/c16-10(17)11(3-4-11)7-15-9(12-13-14-15)6-8-2-1-5-18-8/h8H,1-7H2,(H,16,17). The van der Waals surface area contributed by atoms with Gasteiger partial charge in [0.25, 0.3) is 0 Å². The Labute approximate surface area is 104 Å². The monoisotopic (exact) mass is 252 g/mol. The lowest BCUT2D eigenvalue weighted by atomic mass is 10.1. The maximum absolute atomic E-state index is 11.2. The molecule has 0 spiro atoms. The molecule has 2 heterocycles. The average molecular weight is 252 g/mol. The van der Waals surface area contributed by atoms with Crippen molar-refractivity contribution in [2.24, 2.45) is 5.41 Å². The van der Waals surface area contributed by atoms with E-state index in [4.69, 9.17) is 4.74 Å². The fourth-order valence-electron chi connectivity index (χ4n) is 2.38. The number of tetrazole rings is 1. The Bertz CT molecular complexity index is 449. The van der Waals surface area contributed by atoms with E-state index in [1.165, 1.54) is 0 Å². The molecule has 1 aromatic rings. The number of aromatic nitrogens is 4. The van der Waals surface area contributed by atoms with Crippen LogP contribution in [0.15, 0.2) is 0 Å². The third kappa shape index (κ3) is 2.10. The summed E-state index contributed by atoms with van der Waals surface area (Å²) in [4.78, 5) is 11.2. The van der Waals surface area contributed by atoms with Crippen molar-refractivity contribution in [2.75, 3.05) is 6.61 Å². The highest BCUT2D eigenvalue weighted by Crippen LogP contribution is 2.47. The molecule has 18 heavy (non-hydrogen) atoms. The van der Waals surface area contributed by atoms with Gasteiger partial charge in [-0.1, -0.05) is 0 Å². The highest BCUT2D eigenvalue weighted by atomic mass is 16.5. The minimum absolute atomic E-state index is 0.176. The van der Waals surface area contributed by atoms with Crippen LogP contribution in [0.3, 0.4) is 0 Å². The molecule has 2 aliphatic rings. The van der Waals surface area contributed by atoms with E-state index in [2.05, 4.69) is 15.5 Å². The second kappa shape index (κ2) is 4.31. The summed E-state index contributed by atoms with van der Waals surface area (Å²) in [5.74, 6) is -0.0181. The van der Waals surface area contributed by atoms with Gasteiger partial charge in [-0.2, -0.15) is 0 Å². The zero-order chi connectivity index (χ0) is 12.6. The van der Waals surface area contributed by atoms with E-state index in [0.717, 1.165) is 25.3 Å². The van der Waals surface area contributed by atoms with Crippen LogP contribution < -0.4 is 0 Å². The highest BCUT2D eigenvalue weighted by Gasteiger charge is 2.51. The second-order valence-corrected chi connectivity index (χ2v) is 5.18. The molecule has 7 nitrogen and oxygen atoms in total. The molecule has 2 fully saturated rings. The van der Waals surface area contributed by atoms with Gasteiger partial charge in [0, 0.05) is 13.0 Å². The van der Waals surface area contributed by atoms with E-state index in [0.29, 0.717) is 25.8 Å². The predicted octanol–water partition coefficient (Wildman–Crippen LogP) is 0.259. The number of hydrogen-bond donors (Lipinski definition) is 1. The third-order valence-electron chi connectivity index (χ3n) is 3.80. The Kier molecular flexibility index (Phi) is 2.77. The van der Waals surface area contributed by atoms with Crippen LogP contribution in [0.25, 0.3) is 0 Å². The van der Waals surface area contributed by atoms with Crippen molar-refractivity contribution in [3.63, 3.8) is 0 Å². The molecule has 0 radical (unpaired) electrons. The molecule has 1 saturated heterocycles. The van der Waals surface area contributed by atoms with E-state index < -0.39 is 11.4 Å². The fourth-order valence-corrected chi connectivity index (χ4v) is 2.38. The third-order valence-corrected chi connectivity index (χ3v) is 3.80. The molecular formula is C11H16N4O3. The summed E-state index contributed by atoms with van der Waals surface area (Å²) in [6, 6.07) is 0. The zero-order valence-electron chi connectivity index (χ0n) is 10.1. The summed E-state index contributed by atoms with van der Waals surface area (Å²) in [6.07, 6.45) is 4.36. The summed E-state index contributed by atoms with van der Waals surface area (Å²) in [5, 5.41) is 20.7. The lowest BCUT2D eigenvalue weighted by Gasteiger charge is -2.12. The predicted molar refractivity (Wildman–Crippen MR) is 59.8 cm³/mol. The van der Waals surface area contributed by atoms with Crippen LogP contribution in [0.2, 0.25) is 0 Å². The Morgan fingerprint density at radius 3 is 3.00 bits per heavy atom. The van der Waals surface area contributed by atoms with Gasteiger partial charge >= 0.3 is 5.97 Å². The van der Waals surface area contributed by atoms with E-state index in [-0.39, 0.29) is 6.10 Å². The molecule has 0 amide bonds. The van der Waals surface area contributed by atoms with Crippen LogP contribution in [0.1, 0.15) is 31.5 Å². The maximum Gasteiger partial charge on any atom is 0.311 e. The normalized spacial score (nSPS) is 25.2. The number of carboxylic acid groups (broad SMARTS) is 1. The first-order chi connectivity index (χ1) is 8.70. The first kappa shape index (κ1) is 11.6. The Hall–Kier alpha value is -1.50. The minimum atomic E-state index is -0.749. The van der Waals surface area contributed by atoms with E-state index in [1.54, 1.807) is 4.68 Å². The van der Waals surface area contributed by atoms with Gasteiger partial charge in [0.05, 0.1) is 18.1 Å². The molecule has 7 heteroatoms. The Balaban J connectivity index is 1.69. The molecular weight excluding hydrogens is 236 g/mol. The van der Waals surface area contributed by atoms with E-state index in [9.17, 15) is 9.90 Å². The smallest absolute Gasteiger partial charge is 0.311 e. The average Bonchev–Trinajstić information content (AvgIpc) is 2.75. The zero-order valence-corrected chi connectivity index (χ0v) is 10.1. The van der Waals surface area contributed by atoms with Crippen molar-refractivity contribution in [1.82, 2.24) is 20.2 Å².